The SMILES string of the molecule is COc1c(NN)ncnc1NC(C)(C)C(N)=O. The van der Waals surface area contributed by atoms with Crippen LogP contribution in [0.3, 0.4) is 0 Å². The molecule has 0 fully saturated rings. The molecule has 0 radical (unpaired) electrons. The van der Waals surface area contributed by atoms with Crippen LogP contribution in [-0.2, 0) is 4.79 Å². The molecule has 1 rings (SSSR count). The zero-order chi connectivity index (χ0) is 13.1. The Hall–Kier alpha value is -2.09. The summed E-state index contributed by atoms with van der Waals surface area (Å²) in [7, 11) is 1.45. The number of hydrazine groups is 1. The molecule has 0 unspecified atom stereocenters. The molecule has 0 bridgehead atoms. The second kappa shape index (κ2) is 4.83. The summed E-state index contributed by atoms with van der Waals surface area (Å²) in [6.45, 7) is 3.26. The van der Waals surface area contributed by atoms with Gasteiger partial charge in [-0.05, 0) is 13.8 Å². The number of nitrogen functional groups attached to an aromatic ring is 1. The van der Waals surface area contributed by atoms with E-state index >= 15 is 0 Å². The Morgan fingerprint density at radius 3 is 2.47 bits per heavy atom. The molecule has 0 saturated heterocycles. The zero-order valence-corrected chi connectivity index (χ0v) is 9.94. The number of ether oxygens (including phenoxy) is 1. The Morgan fingerprint density at radius 1 is 1.41 bits per heavy atom. The number of anilines is 2. The third-order valence-electron chi connectivity index (χ3n) is 2.19. The minimum atomic E-state index is -0.965. The van der Waals surface area contributed by atoms with Crippen LogP contribution in [-0.4, -0.2) is 28.5 Å². The van der Waals surface area contributed by atoms with Gasteiger partial charge in [-0.15, -0.1) is 0 Å². The number of hydrogen-bond donors (Lipinski definition) is 4. The average Bonchev–Trinajstić information content (AvgIpc) is 2.27. The Kier molecular flexibility index (Phi) is 3.69. The van der Waals surface area contributed by atoms with Crippen LogP contribution in [0, 0.1) is 0 Å². The molecule has 94 valence electrons. The first-order valence-electron chi connectivity index (χ1n) is 4.86. The fraction of sp³-hybridized carbons (Fsp3) is 0.444. The largest absolute Gasteiger partial charge is 0.490 e. The van der Waals surface area contributed by atoms with Gasteiger partial charge in [-0.25, -0.2) is 15.8 Å². The highest BCUT2D eigenvalue weighted by Crippen LogP contribution is 2.29. The first kappa shape index (κ1) is 13.0. The molecule has 0 spiro atoms. The zero-order valence-electron chi connectivity index (χ0n) is 9.94. The molecule has 1 aromatic heterocycles. The molecule has 8 heteroatoms. The van der Waals surface area contributed by atoms with Crippen LogP contribution in [0.4, 0.5) is 11.6 Å². The van der Waals surface area contributed by atoms with Crippen molar-refractivity contribution in [1.29, 1.82) is 0 Å². The van der Waals surface area contributed by atoms with Gasteiger partial charge >= 0.3 is 0 Å². The maximum atomic E-state index is 11.2. The third-order valence-corrected chi connectivity index (χ3v) is 2.19. The van der Waals surface area contributed by atoms with Gasteiger partial charge in [-0.3, -0.25) is 4.79 Å². The van der Waals surface area contributed by atoms with Gasteiger partial charge in [0.05, 0.1) is 7.11 Å². The minimum absolute atomic E-state index is 0.310. The second-order valence-electron chi connectivity index (χ2n) is 3.86. The van der Waals surface area contributed by atoms with Crippen molar-refractivity contribution in [2.45, 2.75) is 19.4 Å². The van der Waals surface area contributed by atoms with E-state index in [2.05, 4.69) is 20.7 Å². The molecular formula is C9H16N6O2. The number of aromatic nitrogens is 2. The number of primary amides is 1. The first-order valence-corrected chi connectivity index (χ1v) is 4.86. The van der Waals surface area contributed by atoms with Gasteiger partial charge in [0.25, 0.3) is 0 Å². The van der Waals surface area contributed by atoms with Gasteiger partial charge in [-0.2, -0.15) is 0 Å². The van der Waals surface area contributed by atoms with Crippen LogP contribution in [0.1, 0.15) is 13.8 Å². The van der Waals surface area contributed by atoms with Crippen molar-refractivity contribution in [3.8, 4) is 5.75 Å². The molecule has 1 aromatic rings. The Bertz CT molecular complexity index is 420. The van der Waals surface area contributed by atoms with Gasteiger partial charge in [0.15, 0.2) is 11.6 Å². The topological polar surface area (TPSA) is 128 Å². The highest BCUT2D eigenvalue weighted by atomic mass is 16.5. The van der Waals surface area contributed by atoms with Crippen molar-refractivity contribution >= 4 is 17.5 Å². The van der Waals surface area contributed by atoms with E-state index in [-0.39, 0.29) is 0 Å². The summed E-state index contributed by atoms with van der Waals surface area (Å²) >= 11 is 0. The van der Waals surface area contributed by atoms with Crippen LogP contribution in [0.25, 0.3) is 0 Å². The van der Waals surface area contributed by atoms with Crippen molar-refractivity contribution in [2.75, 3.05) is 17.9 Å². The minimum Gasteiger partial charge on any atom is -0.490 e. The highest BCUT2D eigenvalue weighted by Gasteiger charge is 2.27. The molecule has 0 atom stereocenters. The Balaban J connectivity index is 3.10. The van der Waals surface area contributed by atoms with E-state index < -0.39 is 11.4 Å². The fourth-order valence-corrected chi connectivity index (χ4v) is 1.12. The molecule has 1 heterocycles. The van der Waals surface area contributed by atoms with E-state index in [1.54, 1.807) is 13.8 Å². The average molecular weight is 240 g/mol. The number of nitrogens with one attached hydrogen (secondary N) is 2. The molecule has 17 heavy (non-hydrogen) atoms. The van der Waals surface area contributed by atoms with E-state index in [1.165, 1.54) is 13.4 Å². The lowest BCUT2D eigenvalue weighted by atomic mass is 10.1. The molecule has 6 N–H and O–H groups in total. The normalized spacial score (nSPS) is 10.8. The molecule has 0 aliphatic rings. The lowest BCUT2D eigenvalue weighted by Crippen LogP contribution is -2.45. The molecular weight excluding hydrogens is 224 g/mol. The van der Waals surface area contributed by atoms with Crippen LogP contribution in [0.15, 0.2) is 6.33 Å². The molecule has 0 aliphatic carbocycles. The lowest BCUT2D eigenvalue weighted by Gasteiger charge is -2.24. The number of carbonyl (C=O) groups excluding carboxylic acids is 1. The summed E-state index contributed by atoms with van der Waals surface area (Å²) in [5.41, 5.74) is 6.66. The maximum absolute atomic E-state index is 11.2. The summed E-state index contributed by atoms with van der Waals surface area (Å²) in [6.07, 6.45) is 1.29. The lowest BCUT2D eigenvalue weighted by molar-refractivity contribution is -0.121. The maximum Gasteiger partial charge on any atom is 0.242 e. The second-order valence-corrected chi connectivity index (χ2v) is 3.86. The smallest absolute Gasteiger partial charge is 0.242 e. The first-order chi connectivity index (χ1) is 7.92. The quantitative estimate of drug-likeness (QED) is 0.401. The standard InChI is InChI=1S/C9H16N6O2/c1-9(2,8(10)16)14-6-5(17-3)7(15-11)13-4-12-6/h4H,11H2,1-3H3,(H2,10,16)(H2,12,13,14,15). The summed E-state index contributed by atoms with van der Waals surface area (Å²) in [6, 6.07) is 0. The highest BCUT2D eigenvalue weighted by molar-refractivity contribution is 5.87. The molecule has 0 saturated carbocycles. The number of nitrogens with zero attached hydrogens (tertiary/aromatic N) is 2. The number of nitrogens with two attached hydrogens (primary N) is 2. The summed E-state index contributed by atoms with van der Waals surface area (Å²) < 4.78 is 5.11. The molecule has 0 aliphatic heterocycles. The Labute approximate surface area is 98.7 Å². The number of rotatable bonds is 5. The van der Waals surface area contributed by atoms with E-state index in [0.29, 0.717) is 17.4 Å². The van der Waals surface area contributed by atoms with Gasteiger partial charge in [-0.1, -0.05) is 0 Å². The molecule has 1 amide bonds. The van der Waals surface area contributed by atoms with Gasteiger partial charge in [0.1, 0.15) is 11.9 Å². The van der Waals surface area contributed by atoms with Crippen molar-refractivity contribution in [3.63, 3.8) is 0 Å². The van der Waals surface area contributed by atoms with E-state index in [1.807, 2.05) is 0 Å². The monoisotopic (exact) mass is 240 g/mol. The summed E-state index contributed by atoms with van der Waals surface area (Å²) in [5, 5.41) is 2.87. The van der Waals surface area contributed by atoms with Crippen molar-refractivity contribution in [1.82, 2.24) is 9.97 Å². The third kappa shape index (κ3) is 2.72. The summed E-state index contributed by atoms with van der Waals surface area (Å²) in [4.78, 5) is 19.1. The summed E-state index contributed by atoms with van der Waals surface area (Å²) in [5.74, 6) is 5.72. The number of hydrogen-bond acceptors (Lipinski definition) is 7. The van der Waals surface area contributed by atoms with Gasteiger partial charge < -0.3 is 21.2 Å². The number of amides is 1. The van der Waals surface area contributed by atoms with Crippen molar-refractivity contribution < 1.29 is 9.53 Å². The van der Waals surface area contributed by atoms with Crippen molar-refractivity contribution in [2.24, 2.45) is 11.6 Å². The number of methoxy groups -OCH3 is 1. The van der Waals surface area contributed by atoms with E-state index in [9.17, 15) is 4.79 Å². The van der Waals surface area contributed by atoms with E-state index in [4.69, 9.17) is 16.3 Å². The van der Waals surface area contributed by atoms with Crippen LogP contribution in [0.5, 0.6) is 5.75 Å². The predicted octanol–water partition coefficient (Wildman–Crippen LogP) is -0.553. The van der Waals surface area contributed by atoms with Crippen LogP contribution < -0.4 is 27.1 Å². The van der Waals surface area contributed by atoms with Crippen LogP contribution >= 0.6 is 0 Å². The fourth-order valence-electron chi connectivity index (χ4n) is 1.12. The van der Waals surface area contributed by atoms with Gasteiger partial charge in [0, 0.05) is 0 Å². The molecule has 0 aromatic carbocycles. The van der Waals surface area contributed by atoms with Gasteiger partial charge in [0.2, 0.25) is 11.7 Å². The van der Waals surface area contributed by atoms with E-state index in [0.717, 1.165) is 0 Å². The Morgan fingerprint density at radius 2 is 2.00 bits per heavy atom. The number of carbonyl (C=O) groups is 1. The predicted molar refractivity (Wildman–Crippen MR) is 63.3 cm³/mol. The van der Waals surface area contributed by atoms with Crippen LogP contribution in [0.2, 0.25) is 0 Å². The molecule has 8 nitrogen and oxygen atoms in total. The van der Waals surface area contributed by atoms with Crippen molar-refractivity contribution in [3.05, 3.63) is 6.33 Å².